The van der Waals surface area contributed by atoms with Gasteiger partial charge in [-0.3, -0.25) is 9.80 Å². The Morgan fingerprint density at radius 3 is 2.06 bits per heavy atom. The summed E-state index contributed by atoms with van der Waals surface area (Å²) in [6.45, 7) is 10.6. The lowest BCUT2D eigenvalue weighted by atomic mass is 10.2. The van der Waals surface area contributed by atoms with E-state index in [0.29, 0.717) is 5.56 Å². The lowest BCUT2D eigenvalue weighted by Crippen LogP contribution is -2.49. The summed E-state index contributed by atoms with van der Waals surface area (Å²) in [6.07, 6.45) is 2.98. The van der Waals surface area contributed by atoms with Crippen LogP contribution >= 0.6 is 0 Å². The number of benzene rings is 1. The van der Waals surface area contributed by atoms with Crippen molar-refractivity contribution in [3.8, 4) is 11.8 Å². The molecule has 1 aromatic carbocycles. The van der Waals surface area contributed by atoms with E-state index >= 15 is 0 Å². The van der Waals surface area contributed by atoms with Crippen molar-refractivity contribution in [2.75, 3.05) is 82.4 Å². The Morgan fingerprint density at radius 1 is 0.871 bits per heavy atom. The first-order valence-corrected chi connectivity index (χ1v) is 11.2. The van der Waals surface area contributed by atoms with Gasteiger partial charge in [-0.1, -0.05) is 0 Å². The van der Waals surface area contributed by atoms with Gasteiger partial charge in [0.15, 0.2) is 0 Å². The third-order valence-electron chi connectivity index (χ3n) is 6.34. The van der Waals surface area contributed by atoms with Gasteiger partial charge in [0, 0.05) is 64.2 Å². The van der Waals surface area contributed by atoms with Crippen molar-refractivity contribution in [1.82, 2.24) is 14.8 Å². The summed E-state index contributed by atoms with van der Waals surface area (Å²) in [6, 6.07) is 14.3. The molecule has 0 unspecified atom stereocenters. The van der Waals surface area contributed by atoms with Gasteiger partial charge in [-0.25, -0.2) is 4.98 Å². The highest BCUT2D eigenvalue weighted by atomic mass is 16.5. The molecule has 0 amide bonds. The Kier molecular flexibility index (Phi) is 7.23. The van der Waals surface area contributed by atoms with Gasteiger partial charge in [0.05, 0.1) is 12.7 Å². The van der Waals surface area contributed by atoms with Crippen LogP contribution in [0.3, 0.4) is 0 Å². The van der Waals surface area contributed by atoms with Crippen LogP contribution in [0.2, 0.25) is 0 Å². The number of hydrogen-bond donors (Lipinski definition) is 0. The highest BCUT2D eigenvalue weighted by Crippen LogP contribution is 2.21. The molecule has 2 aromatic rings. The summed E-state index contributed by atoms with van der Waals surface area (Å²) in [5.74, 6) is 1.74. The van der Waals surface area contributed by atoms with Crippen molar-refractivity contribution in [2.24, 2.45) is 0 Å². The smallest absolute Gasteiger partial charge is 0.146 e. The van der Waals surface area contributed by atoms with Crippen LogP contribution in [0.25, 0.3) is 0 Å². The van der Waals surface area contributed by atoms with Crippen molar-refractivity contribution < 1.29 is 4.74 Å². The second-order valence-electron chi connectivity index (χ2n) is 8.20. The molecule has 7 nitrogen and oxygen atoms in total. The third kappa shape index (κ3) is 5.46. The Labute approximate surface area is 185 Å². The van der Waals surface area contributed by atoms with Crippen LogP contribution in [0.4, 0.5) is 11.5 Å². The predicted octanol–water partition coefficient (Wildman–Crippen LogP) is 2.30. The topological polar surface area (TPSA) is 58.9 Å². The number of ether oxygens (including phenoxy) is 1. The zero-order chi connectivity index (χ0) is 21.5. The Balaban J connectivity index is 1.15. The molecule has 0 aliphatic carbocycles. The van der Waals surface area contributed by atoms with Gasteiger partial charge in [-0.2, -0.15) is 5.26 Å². The number of aromatic nitrogens is 1. The molecule has 2 aliphatic rings. The van der Waals surface area contributed by atoms with Gasteiger partial charge in [0.25, 0.3) is 0 Å². The molecular weight excluding hydrogens is 388 g/mol. The number of nitriles is 1. The highest BCUT2D eigenvalue weighted by Gasteiger charge is 2.21. The molecule has 0 N–H and O–H groups in total. The van der Waals surface area contributed by atoms with Gasteiger partial charge in [-0.05, 0) is 55.9 Å². The molecule has 0 bridgehead atoms. The quantitative estimate of drug-likeness (QED) is 0.681. The summed E-state index contributed by atoms with van der Waals surface area (Å²) in [4.78, 5) is 14.3. The average molecular weight is 421 g/mol. The lowest BCUT2D eigenvalue weighted by Gasteiger charge is -2.37. The van der Waals surface area contributed by atoms with E-state index in [1.807, 2.05) is 24.3 Å². The molecule has 2 aliphatic heterocycles. The monoisotopic (exact) mass is 420 g/mol. The predicted molar refractivity (Wildman–Crippen MR) is 124 cm³/mol. The Bertz CT molecular complexity index is 864. The van der Waals surface area contributed by atoms with E-state index in [4.69, 9.17) is 4.74 Å². The van der Waals surface area contributed by atoms with Gasteiger partial charge in [0.2, 0.25) is 0 Å². The van der Waals surface area contributed by atoms with Crippen LogP contribution in [0.1, 0.15) is 12.0 Å². The lowest BCUT2D eigenvalue weighted by molar-refractivity contribution is 0.212. The molecule has 4 rings (SSSR count). The van der Waals surface area contributed by atoms with Crippen LogP contribution in [-0.4, -0.2) is 87.3 Å². The largest absolute Gasteiger partial charge is 0.497 e. The van der Waals surface area contributed by atoms with Crippen molar-refractivity contribution in [1.29, 1.82) is 5.26 Å². The average Bonchev–Trinajstić information content (AvgIpc) is 2.85. The van der Waals surface area contributed by atoms with Crippen LogP contribution in [-0.2, 0) is 0 Å². The van der Waals surface area contributed by atoms with Gasteiger partial charge < -0.3 is 14.5 Å². The fraction of sp³-hybridized carbons (Fsp3) is 0.500. The summed E-state index contributed by atoms with van der Waals surface area (Å²) >= 11 is 0. The molecule has 164 valence electrons. The zero-order valence-corrected chi connectivity index (χ0v) is 18.4. The van der Waals surface area contributed by atoms with Crippen molar-refractivity contribution in [3.05, 3.63) is 48.2 Å². The number of pyridine rings is 1. The molecular formula is C24H32N6O. The van der Waals surface area contributed by atoms with Crippen LogP contribution in [0.5, 0.6) is 5.75 Å². The van der Waals surface area contributed by atoms with Gasteiger partial charge in [-0.15, -0.1) is 0 Å². The fourth-order valence-corrected chi connectivity index (χ4v) is 4.46. The normalized spacial score (nSPS) is 18.1. The minimum absolute atomic E-state index is 0.671. The molecule has 0 atom stereocenters. The number of methoxy groups -OCH3 is 1. The van der Waals surface area contributed by atoms with Crippen LogP contribution < -0.4 is 14.5 Å². The van der Waals surface area contributed by atoms with E-state index in [9.17, 15) is 5.26 Å². The second kappa shape index (κ2) is 10.5. The number of piperazine rings is 2. The first-order chi connectivity index (χ1) is 15.3. The third-order valence-corrected chi connectivity index (χ3v) is 6.34. The fourth-order valence-electron chi connectivity index (χ4n) is 4.46. The van der Waals surface area contributed by atoms with E-state index in [1.165, 1.54) is 12.1 Å². The standard InChI is InChI=1S/C24H32N6O/c1-31-23-7-5-22(6-8-23)29-16-12-27(13-17-29)10-3-11-28-14-18-30(19-15-28)24-21(20-25)4-2-9-26-24/h2,4-9H,3,10-19H2,1H3. The van der Waals surface area contributed by atoms with E-state index in [1.54, 1.807) is 13.3 Å². The minimum atomic E-state index is 0.671. The maximum Gasteiger partial charge on any atom is 0.146 e. The van der Waals surface area contributed by atoms with E-state index in [-0.39, 0.29) is 0 Å². The molecule has 0 spiro atoms. The molecule has 2 fully saturated rings. The number of rotatable bonds is 7. The number of hydrogen-bond acceptors (Lipinski definition) is 7. The molecule has 0 radical (unpaired) electrons. The van der Waals surface area contributed by atoms with Crippen molar-refractivity contribution in [2.45, 2.75) is 6.42 Å². The molecule has 3 heterocycles. The van der Waals surface area contributed by atoms with Gasteiger partial charge >= 0.3 is 0 Å². The SMILES string of the molecule is COc1ccc(N2CCN(CCCN3CCN(c4ncccc4C#N)CC3)CC2)cc1. The highest BCUT2D eigenvalue weighted by molar-refractivity contribution is 5.53. The molecule has 31 heavy (non-hydrogen) atoms. The van der Waals surface area contributed by atoms with E-state index < -0.39 is 0 Å². The maximum atomic E-state index is 9.30. The summed E-state index contributed by atoms with van der Waals surface area (Å²) < 4.78 is 5.26. The molecule has 1 aromatic heterocycles. The van der Waals surface area contributed by atoms with E-state index in [2.05, 4.69) is 42.8 Å². The van der Waals surface area contributed by atoms with Crippen LogP contribution in [0.15, 0.2) is 42.6 Å². The number of anilines is 2. The number of nitrogens with zero attached hydrogens (tertiary/aromatic N) is 6. The van der Waals surface area contributed by atoms with Crippen molar-refractivity contribution >= 4 is 11.5 Å². The minimum Gasteiger partial charge on any atom is -0.497 e. The molecule has 0 saturated carbocycles. The van der Waals surface area contributed by atoms with Crippen LogP contribution in [0, 0.1) is 11.3 Å². The van der Waals surface area contributed by atoms with Gasteiger partial charge in [0.1, 0.15) is 17.6 Å². The molecule has 2 saturated heterocycles. The summed E-state index contributed by atoms with van der Waals surface area (Å²) in [5.41, 5.74) is 1.95. The summed E-state index contributed by atoms with van der Waals surface area (Å²) in [5, 5.41) is 9.30. The first-order valence-electron chi connectivity index (χ1n) is 11.2. The maximum absolute atomic E-state index is 9.30. The Morgan fingerprint density at radius 2 is 1.48 bits per heavy atom. The summed E-state index contributed by atoms with van der Waals surface area (Å²) in [7, 11) is 1.71. The van der Waals surface area contributed by atoms with Crippen molar-refractivity contribution in [3.63, 3.8) is 0 Å². The zero-order valence-electron chi connectivity index (χ0n) is 18.4. The first kappa shape index (κ1) is 21.4. The molecule has 7 heteroatoms. The Hall–Kier alpha value is -2.82. The second-order valence-corrected chi connectivity index (χ2v) is 8.20. The van der Waals surface area contributed by atoms with E-state index in [0.717, 1.165) is 77.0 Å².